The van der Waals surface area contributed by atoms with Gasteiger partial charge in [0.2, 0.25) is 0 Å². The van der Waals surface area contributed by atoms with Gasteiger partial charge < -0.3 is 24.3 Å². The minimum atomic E-state index is -1.19. The number of nitrogens with zero attached hydrogens (tertiary/aromatic N) is 1. The second kappa shape index (κ2) is 10.8. The lowest BCUT2D eigenvalue weighted by molar-refractivity contribution is -0.385. The fourth-order valence-electron chi connectivity index (χ4n) is 2.74. The van der Waals surface area contributed by atoms with Crippen LogP contribution in [0.1, 0.15) is 29.8 Å². The molecule has 1 unspecified atom stereocenters. The number of nitrogens with one attached hydrogen (secondary N) is 1. The maximum Gasteiger partial charge on any atom is 0.346 e. The average Bonchev–Trinajstić information content (AvgIpc) is 2.77. The molecule has 0 radical (unpaired) electrons. The Morgan fingerprint density at radius 3 is 2.39 bits per heavy atom. The van der Waals surface area contributed by atoms with Gasteiger partial charge in [-0.15, -0.1) is 0 Å². The van der Waals surface area contributed by atoms with Gasteiger partial charge in [-0.2, -0.15) is 0 Å². The zero-order chi connectivity index (χ0) is 23.0. The molecule has 1 atom stereocenters. The molecule has 31 heavy (non-hydrogen) atoms. The van der Waals surface area contributed by atoms with Gasteiger partial charge in [0.05, 0.1) is 31.8 Å². The van der Waals surface area contributed by atoms with Crippen molar-refractivity contribution in [2.45, 2.75) is 26.5 Å². The number of amides is 1. The second-order valence-electron chi connectivity index (χ2n) is 6.29. The number of nitro benzene ring substituents is 1. The van der Waals surface area contributed by atoms with Crippen molar-refractivity contribution in [2.75, 3.05) is 20.8 Å². The van der Waals surface area contributed by atoms with Crippen LogP contribution >= 0.6 is 0 Å². The van der Waals surface area contributed by atoms with Crippen LogP contribution in [0.4, 0.5) is 5.69 Å². The number of benzene rings is 2. The molecule has 166 valence electrons. The van der Waals surface area contributed by atoms with Crippen molar-refractivity contribution >= 4 is 17.6 Å². The van der Waals surface area contributed by atoms with E-state index < -0.39 is 28.6 Å². The van der Waals surface area contributed by atoms with Gasteiger partial charge in [0.1, 0.15) is 11.3 Å². The van der Waals surface area contributed by atoms with E-state index >= 15 is 0 Å². The SMILES string of the molecule is CCOc1cc(C(=O)OC(C)C(=O)NCc2ccccc2OC)c([N+](=O)[O-])cc1OC. The Balaban J connectivity index is 2.14. The first-order valence-electron chi connectivity index (χ1n) is 9.42. The molecule has 10 nitrogen and oxygen atoms in total. The predicted octanol–water partition coefficient (Wildman–Crippen LogP) is 2.87. The van der Waals surface area contributed by atoms with Crippen molar-refractivity contribution in [3.63, 3.8) is 0 Å². The van der Waals surface area contributed by atoms with Crippen molar-refractivity contribution in [3.8, 4) is 17.2 Å². The number of hydrogen-bond donors (Lipinski definition) is 1. The van der Waals surface area contributed by atoms with Crippen LogP contribution in [-0.4, -0.2) is 43.7 Å². The maximum atomic E-state index is 12.6. The van der Waals surface area contributed by atoms with E-state index in [0.29, 0.717) is 5.75 Å². The van der Waals surface area contributed by atoms with Crippen LogP contribution in [0.5, 0.6) is 17.2 Å². The molecule has 0 aliphatic heterocycles. The summed E-state index contributed by atoms with van der Waals surface area (Å²) in [6, 6.07) is 9.38. The lowest BCUT2D eigenvalue weighted by Crippen LogP contribution is -2.35. The number of hydrogen-bond acceptors (Lipinski definition) is 8. The van der Waals surface area contributed by atoms with E-state index in [1.807, 2.05) is 0 Å². The van der Waals surface area contributed by atoms with Crippen LogP contribution in [0.2, 0.25) is 0 Å². The normalized spacial score (nSPS) is 11.2. The first-order chi connectivity index (χ1) is 14.8. The zero-order valence-electron chi connectivity index (χ0n) is 17.7. The fraction of sp³-hybridized carbons (Fsp3) is 0.333. The Kier molecular flexibility index (Phi) is 8.18. The molecule has 10 heteroatoms. The molecule has 0 fully saturated rings. The molecule has 0 heterocycles. The minimum Gasteiger partial charge on any atom is -0.496 e. The van der Waals surface area contributed by atoms with Gasteiger partial charge in [-0.05, 0) is 19.9 Å². The topological polar surface area (TPSA) is 126 Å². The summed E-state index contributed by atoms with van der Waals surface area (Å²) in [7, 11) is 2.84. The smallest absolute Gasteiger partial charge is 0.346 e. The number of carbonyl (C=O) groups excluding carboxylic acids is 2. The molecule has 0 spiro atoms. The Labute approximate surface area is 179 Å². The molecule has 0 saturated heterocycles. The number of rotatable bonds is 10. The molecule has 0 aliphatic carbocycles. The van der Waals surface area contributed by atoms with Crippen molar-refractivity contribution in [2.24, 2.45) is 0 Å². The van der Waals surface area contributed by atoms with Crippen molar-refractivity contribution in [3.05, 3.63) is 57.6 Å². The highest BCUT2D eigenvalue weighted by molar-refractivity contribution is 5.96. The highest BCUT2D eigenvalue weighted by Gasteiger charge is 2.28. The van der Waals surface area contributed by atoms with Crippen LogP contribution in [0.15, 0.2) is 36.4 Å². The van der Waals surface area contributed by atoms with Gasteiger partial charge in [0, 0.05) is 18.2 Å². The second-order valence-corrected chi connectivity index (χ2v) is 6.29. The monoisotopic (exact) mass is 432 g/mol. The van der Waals surface area contributed by atoms with Crippen LogP contribution in [0.25, 0.3) is 0 Å². The van der Waals surface area contributed by atoms with E-state index in [4.69, 9.17) is 18.9 Å². The third-order valence-electron chi connectivity index (χ3n) is 4.30. The summed E-state index contributed by atoms with van der Waals surface area (Å²) < 4.78 is 20.8. The lowest BCUT2D eigenvalue weighted by Gasteiger charge is -2.16. The summed E-state index contributed by atoms with van der Waals surface area (Å²) >= 11 is 0. The van der Waals surface area contributed by atoms with E-state index in [-0.39, 0.29) is 30.2 Å². The summed E-state index contributed by atoms with van der Waals surface area (Å²) in [6.07, 6.45) is -1.19. The Hall–Kier alpha value is -3.82. The molecule has 2 aromatic rings. The minimum absolute atomic E-state index is 0.104. The number of nitro groups is 1. The van der Waals surface area contributed by atoms with Crippen LogP contribution in [-0.2, 0) is 16.1 Å². The van der Waals surface area contributed by atoms with Gasteiger partial charge in [0.15, 0.2) is 17.6 Å². The summed E-state index contributed by atoms with van der Waals surface area (Å²) in [5, 5.41) is 14.1. The van der Waals surface area contributed by atoms with Crippen molar-refractivity contribution in [1.82, 2.24) is 5.32 Å². The molecule has 0 saturated carbocycles. The van der Waals surface area contributed by atoms with Crippen LogP contribution in [0.3, 0.4) is 0 Å². The highest BCUT2D eigenvalue weighted by Crippen LogP contribution is 2.35. The van der Waals surface area contributed by atoms with E-state index in [9.17, 15) is 19.7 Å². The molecule has 0 aliphatic rings. The molecule has 2 rings (SSSR count). The maximum absolute atomic E-state index is 12.6. The Morgan fingerprint density at radius 1 is 1.10 bits per heavy atom. The standard InChI is InChI=1S/C21H24N2O8/c1-5-30-19-10-15(16(23(26)27)11-18(19)29-4)21(25)31-13(2)20(24)22-12-14-8-6-7-9-17(14)28-3/h6-11,13H,5,12H2,1-4H3,(H,22,24). The zero-order valence-corrected chi connectivity index (χ0v) is 17.7. The molecular weight excluding hydrogens is 408 g/mol. The number of ether oxygens (including phenoxy) is 4. The third kappa shape index (κ3) is 5.84. The fourth-order valence-corrected chi connectivity index (χ4v) is 2.74. The Morgan fingerprint density at radius 2 is 1.77 bits per heavy atom. The average molecular weight is 432 g/mol. The van der Waals surface area contributed by atoms with Crippen LogP contribution < -0.4 is 19.5 Å². The molecule has 0 bridgehead atoms. The van der Waals surface area contributed by atoms with E-state index in [1.165, 1.54) is 27.2 Å². The highest BCUT2D eigenvalue weighted by atomic mass is 16.6. The summed E-state index contributed by atoms with van der Waals surface area (Å²) in [6.45, 7) is 3.49. The van der Waals surface area contributed by atoms with Gasteiger partial charge in [-0.25, -0.2) is 4.79 Å². The molecule has 2 aromatic carbocycles. The number of esters is 1. The first kappa shape index (κ1) is 23.5. The first-order valence-corrected chi connectivity index (χ1v) is 9.42. The van der Waals surface area contributed by atoms with Crippen molar-refractivity contribution in [1.29, 1.82) is 0 Å². The van der Waals surface area contributed by atoms with Gasteiger partial charge in [0.25, 0.3) is 11.6 Å². The number of para-hydroxylation sites is 1. The van der Waals surface area contributed by atoms with Crippen molar-refractivity contribution < 1.29 is 33.5 Å². The lowest BCUT2D eigenvalue weighted by atomic mass is 10.1. The summed E-state index contributed by atoms with van der Waals surface area (Å²) in [4.78, 5) is 35.6. The van der Waals surface area contributed by atoms with E-state index in [1.54, 1.807) is 31.2 Å². The van der Waals surface area contributed by atoms with Gasteiger partial charge >= 0.3 is 5.97 Å². The predicted molar refractivity (Wildman–Crippen MR) is 111 cm³/mol. The number of carbonyl (C=O) groups is 2. The number of methoxy groups -OCH3 is 2. The summed E-state index contributed by atoms with van der Waals surface area (Å²) in [5.41, 5.74) is -0.130. The van der Waals surface area contributed by atoms with Gasteiger partial charge in [-0.1, -0.05) is 18.2 Å². The largest absolute Gasteiger partial charge is 0.496 e. The third-order valence-corrected chi connectivity index (χ3v) is 4.30. The molecule has 1 N–H and O–H groups in total. The molecular formula is C21H24N2O8. The Bertz CT molecular complexity index is 960. The van der Waals surface area contributed by atoms with E-state index in [0.717, 1.165) is 11.6 Å². The molecule has 0 aromatic heterocycles. The molecule has 1 amide bonds. The van der Waals surface area contributed by atoms with E-state index in [2.05, 4.69) is 5.32 Å². The van der Waals surface area contributed by atoms with Gasteiger partial charge in [-0.3, -0.25) is 14.9 Å². The summed E-state index contributed by atoms with van der Waals surface area (Å²) in [5.74, 6) is -0.746. The quantitative estimate of drug-likeness (QED) is 0.345. The van der Waals surface area contributed by atoms with Crippen LogP contribution in [0, 0.1) is 10.1 Å².